The Morgan fingerprint density at radius 2 is 2.33 bits per heavy atom. The molecule has 0 bridgehead atoms. The van der Waals surface area contributed by atoms with Crippen molar-refractivity contribution in [3.05, 3.63) is 4.91 Å². The number of hydrogen-bond acceptors (Lipinski definition) is 4. The highest BCUT2D eigenvalue weighted by molar-refractivity contribution is 7.80. The van der Waals surface area contributed by atoms with Gasteiger partial charge in [-0.2, -0.15) is 17.5 Å². The molecule has 3 nitrogen and oxygen atoms in total. The molecule has 0 amide bonds. The second-order valence-electron chi connectivity index (χ2n) is 2.64. The largest absolute Gasteiger partial charge is 0.328 e. The van der Waals surface area contributed by atoms with Crippen molar-refractivity contribution in [1.82, 2.24) is 0 Å². The van der Waals surface area contributed by atoms with Gasteiger partial charge >= 0.3 is 0 Å². The van der Waals surface area contributed by atoms with Crippen LogP contribution in [-0.2, 0) is 0 Å². The minimum atomic E-state index is -0.414. The highest BCUT2D eigenvalue weighted by Gasteiger charge is 2.43. The summed E-state index contributed by atoms with van der Waals surface area (Å²) in [6.45, 7) is 0. The molecule has 0 aromatic heterocycles. The van der Waals surface area contributed by atoms with E-state index in [0.29, 0.717) is 18.6 Å². The van der Waals surface area contributed by atoms with Gasteiger partial charge in [0.15, 0.2) is 0 Å². The van der Waals surface area contributed by atoms with Crippen molar-refractivity contribution in [3.63, 3.8) is 0 Å². The normalized spacial score (nSPS) is 41.8. The van der Waals surface area contributed by atoms with Crippen molar-refractivity contribution in [2.45, 2.75) is 24.4 Å². The average molecular weight is 146 g/mol. The fraction of sp³-hybridized carbons (Fsp3) is 1.00. The predicted molar refractivity (Wildman–Crippen MR) is 39.6 cm³/mol. The summed E-state index contributed by atoms with van der Waals surface area (Å²) in [5, 5.41) is 2.99. The molecule has 1 saturated carbocycles. The third-order valence-electron chi connectivity index (χ3n) is 1.77. The van der Waals surface area contributed by atoms with Crippen LogP contribution in [0.4, 0.5) is 0 Å². The molecule has 52 valence electrons. The summed E-state index contributed by atoms with van der Waals surface area (Å²) in [6.07, 6.45) is 1.42. The van der Waals surface area contributed by atoms with Crippen LogP contribution in [0.3, 0.4) is 0 Å². The highest BCUT2D eigenvalue weighted by atomic mass is 32.1. The summed E-state index contributed by atoms with van der Waals surface area (Å²) in [4.78, 5) is 10.1. The molecule has 1 rings (SSSR count). The molecule has 0 heterocycles. The van der Waals surface area contributed by atoms with Crippen LogP contribution >= 0.6 is 12.6 Å². The summed E-state index contributed by atoms with van der Waals surface area (Å²) in [5.74, 6) is 0.532. The Labute approximate surface area is 59.4 Å². The zero-order chi connectivity index (χ0) is 6.91. The Morgan fingerprint density at radius 1 is 1.78 bits per heavy atom. The van der Waals surface area contributed by atoms with Crippen molar-refractivity contribution in [3.8, 4) is 0 Å². The first kappa shape index (κ1) is 7.02. The maximum atomic E-state index is 10.1. The highest BCUT2D eigenvalue weighted by Crippen LogP contribution is 2.35. The van der Waals surface area contributed by atoms with Crippen LogP contribution in [0.25, 0.3) is 0 Å². The molecule has 0 unspecified atom stereocenters. The lowest BCUT2D eigenvalue weighted by Crippen LogP contribution is -2.51. The van der Waals surface area contributed by atoms with E-state index in [1.54, 1.807) is 0 Å². The molecule has 1 aliphatic rings. The van der Waals surface area contributed by atoms with Crippen LogP contribution in [0.15, 0.2) is 5.18 Å². The maximum absolute atomic E-state index is 10.1. The van der Waals surface area contributed by atoms with E-state index in [1.807, 2.05) is 0 Å². The van der Waals surface area contributed by atoms with Crippen LogP contribution < -0.4 is 5.73 Å². The van der Waals surface area contributed by atoms with E-state index >= 15 is 0 Å². The number of nitroso groups, excluding NO2 is 1. The van der Waals surface area contributed by atoms with Crippen molar-refractivity contribution >= 4 is 12.6 Å². The first-order chi connectivity index (χ1) is 4.22. The Hall–Kier alpha value is -0.0900. The summed E-state index contributed by atoms with van der Waals surface area (Å²) >= 11 is 4.00. The summed E-state index contributed by atoms with van der Waals surface area (Å²) in [5.41, 5.74) is 5.06. The molecule has 2 N–H and O–H groups in total. The van der Waals surface area contributed by atoms with Gasteiger partial charge in [-0.25, -0.2) is 0 Å². The van der Waals surface area contributed by atoms with Crippen LogP contribution in [0.5, 0.6) is 0 Å². The molecule has 0 saturated heterocycles. The summed E-state index contributed by atoms with van der Waals surface area (Å²) in [6, 6.07) is 0.176. The van der Waals surface area contributed by atoms with E-state index < -0.39 is 5.54 Å². The lowest BCUT2D eigenvalue weighted by molar-refractivity contribution is 0.239. The third kappa shape index (κ3) is 1.09. The molecule has 9 heavy (non-hydrogen) atoms. The number of nitrogens with zero attached hydrogens (tertiary/aromatic N) is 1. The number of nitrogens with two attached hydrogens (primary N) is 1. The van der Waals surface area contributed by atoms with E-state index in [2.05, 4.69) is 17.8 Å². The lowest BCUT2D eigenvalue weighted by Gasteiger charge is -2.38. The molecule has 4 heteroatoms. The predicted octanol–water partition coefficient (Wildman–Crippen LogP) is 0.542. The monoisotopic (exact) mass is 146 g/mol. The van der Waals surface area contributed by atoms with Gasteiger partial charge in [-0.15, -0.1) is 0 Å². The number of thiol groups is 1. The number of hydrogen-bond donors (Lipinski definition) is 2. The van der Waals surface area contributed by atoms with Gasteiger partial charge in [0, 0.05) is 11.8 Å². The van der Waals surface area contributed by atoms with Gasteiger partial charge in [-0.1, -0.05) is 5.18 Å². The van der Waals surface area contributed by atoms with Crippen molar-refractivity contribution in [1.29, 1.82) is 0 Å². The van der Waals surface area contributed by atoms with Crippen molar-refractivity contribution < 1.29 is 0 Å². The summed E-state index contributed by atoms with van der Waals surface area (Å²) < 4.78 is 0. The first-order valence-electron chi connectivity index (χ1n) is 2.93. The standard InChI is InChI=1S/C5H10N2OS/c6-4-1-5(2-4,3-9)7-8/h4,9H,1-3,6H2. The zero-order valence-corrected chi connectivity index (χ0v) is 5.97. The van der Waals surface area contributed by atoms with Crippen LogP contribution in [0.2, 0.25) is 0 Å². The van der Waals surface area contributed by atoms with Crippen LogP contribution in [-0.4, -0.2) is 17.3 Å². The molecule has 0 aliphatic heterocycles. The third-order valence-corrected chi connectivity index (χ3v) is 2.36. The molecule has 0 spiro atoms. The SMILES string of the molecule is NC1CC(CS)(N=O)C1. The minimum Gasteiger partial charge on any atom is -0.328 e. The smallest absolute Gasteiger partial charge is 0.114 e. The Balaban J connectivity index is 2.45. The molecule has 0 aromatic rings. The number of rotatable bonds is 2. The van der Waals surface area contributed by atoms with E-state index in [9.17, 15) is 4.91 Å². The van der Waals surface area contributed by atoms with Crippen molar-refractivity contribution in [2.24, 2.45) is 10.9 Å². The fourth-order valence-corrected chi connectivity index (χ4v) is 1.46. The van der Waals surface area contributed by atoms with Gasteiger partial charge in [-0.3, -0.25) is 0 Å². The second kappa shape index (κ2) is 2.27. The topological polar surface area (TPSA) is 55.4 Å². The van der Waals surface area contributed by atoms with Gasteiger partial charge in [-0.05, 0) is 12.8 Å². The van der Waals surface area contributed by atoms with Crippen molar-refractivity contribution in [2.75, 3.05) is 5.75 Å². The van der Waals surface area contributed by atoms with E-state index in [-0.39, 0.29) is 6.04 Å². The average Bonchev–Trinajstić information content (AvgIpc) is 1.81. The summed E-state index contributed by atoms with van der Waals surface area (Å²) in [7, 11) is 0. The molecule has 1 fully saturated rings. The zero-order valence-electron chi connectivity index (χ0n) is 5.08. The fourth-order valence-electron chi connectivity index (χ4n) is 1.15. The van der Waals surface area contributed by atoms with Gasteiger partial charge in [0.05, 0.1) is 0 Å². The molecule has 0 radical (unpaired) electrons. The van der Waals surface area contributed by atoms with Gasteiger partial charge in [0.1, 0.15) is 5.54 Å². The maximum Gasteiger partial charge on any atom is 0.114 e. The van der Waals surface area contributed by atoms with E-state index in [4.69, 9.17) is 5.73 Å². The van der Waals surface area contributed by atoms with Gasteiger partial charge in [0.2, 0.25) is 0 Å². The van der Waals surface area contributed by atoms with Crippen LogP contribution in [0, 0.1) is 4.91 Å². The minimum absolute atomic E-state index is 0.176. The Kier molecular flexibility index (Phi) is 1.77. The molecule has 0 aromatic carbocycles. The van der Waals surface area contributed by atoms with E-state index in [0.717, 1.165) is 0 Å². The quantitative estimate of drug-likeness (QED) is 0.441. The molecular weight excluding hydrogens is 136 g/mol. The van der Waals surface area contributed by atoms with Crippen LogP contribution in [0.1, 0.15) is 12.8 Å². The molecule has 1 aliphatic carbocycles. The van der Waals surface area contributed by atoms with E-state index in [1.165, 1.54) is 0 Å². The second-order valence-corrected chi connectivity index (χ2v) is 2.96. The van der Waals surface area contributed by atoms with Gasteiger partial charge < -0.3 is 5.73 Å². The Morgan fingerprint density at radius 3 is 2.44 bits per heavy atom. The Bertz CT molecular complexity index is 122. The molecular formula is C5H10N2OS. The molecule has 0 atom stereocenters. The van der Waals surface area contributed by atoms with Gasteiger partial charge in [0.25, 0.3) is 0 Å². The lowest BCUT2D eigenvalue weighted by atomic mass is 9.75. The first-order valence-corrected chi connectivity index (χ1v) is 3.57.